The van der Waals surface area contributed by atoms with Crippen LogP contribution in [0.15, 0.2) is 11.4 Å². The van der Waals surface area contributed by atoms with Gasteiger partial charge in [-0.1, -0.05) is 5.92 Å². The van der Waals surface area contributed by atoms with Gasteiger partial charge in [-0.05, 0) is 11.4 Å². The quantitative estimate of drug-likeness (QED) is 0.675. The molecule has 0 aliphatic rings. The molecular weight excluding hydrogens is 158 g/mol. The van der Waals surface area contributed by atoms with Crippen molar-refractivity contribution in [2.24, 2.45) is 5.73 Å². The zero-order valence-electron chi connectivity index (χ0n) is 6.20. The maximum Gasteiger partial charge on any atom is 0.135 e. The molecule has 0 aromatic carbocycles. The van der Waals surface area contributed by atoms with Gasteiger partial charge < -0.3 is 10.5 Å². The Kier molecular flexibility index (Phi) is 2.53. The van der Waals surface area contributed by atoms with Gasteiger partial charge in [-0.25, -0.2) is 0 Å². The van der Waals surface area contributed by atoms with Crippen LogP contribution in [0, 0.1) is 12.3 Å². The highest BCUT2D eigenvalue weighted by molar-refractivity contribution is 7.10. The van der Waals surface area contributed by atoms with Gasteiger partial charge in [0.25, 0.3) is 0 Å². The molecule has 0 amide bonds. The van der Waals surface area contributed by atoms with Crippen molar-refractivity contribution >= 4 is 11.3 Å². The number of nitrogens with two attached hydrogens (primary N) is 1. The third-order valence-corrected chi connectivity index (χ3v) is 2.32. The molecule has 1 unspecified atom stereocenters. The molecule has 0 saturated carbocycles. The third-order valence-electron chi connectivity index (χ3n) is 1.34. The number of hydrogen-bond acceptors (Lipinski definition) is 3. The lowest BCUT2D eigenvalue weighted by molar-refractivity contribution is 0.411. The third kappa shape index (κ3) is 1.53. The molecule has 0 aliphatic heterocycles. The molecule has 0 bridgehead atoms. The molecule has 1 aromatic heterocycles. The molecule has 0 spiro atoms. The minimum absolute atomic E-state index is 0.343. The fourth-order valence-electron chi connectivity index (χ4n) is 0.780. The van der Waals surface area contributed by atoms with Crippen molar-refractivity contribution in [2.45, 2.75) is 6.04 Å². The monoisotopic (exact) mass is 167 g/mol. The molecule has 3 heteroatoms. The first-order valence-electron chi connectivity index (χ1n) is 3.12. The van der Waals surface area contributed by atoms with Crippen LogP contribution in [-0.2, 0) is 0 Å². The van der Waals surface area contributed by atoms with Crippen LogP contribution in [0.2, 0.25) is 0 Å². The molecular formula is C8H9NOS. The van der Waals surface area contributed by atoms with Crippen LogP contribution < -0.4 is 10.5 Å². The molecule has 1 atom stereocenters. The van der Waals surface area contributed by atoms with E-state index in [0.717, 1.165) is 10.6 Å². The molecule has 0 radical (unpaired) electrons. The van der Waals surface area contributed by atoms with E-state index >= 15 is 0 Å². The second-order valence-corrected chi connectivity index (χ2v) is 2.95. The normalized spacial score (nSPS) is 12.1. The zero-order valence-corrected chi connectivity index (χ0v) is 7.02. The van der Waals surface area contributed by atoms with Gasteiger partial charge in [-0.15, -0.1) is 17.8 Å². The lowest BCUT2D eigenvalue weighted by atomic mass is 10.2. The molecule has 58 valence electrons. The Labute approximate surface area is 70.0 Å². The van der Waals surface area contributed by atoms with Gasteiger partial charge in [0.2, 0.25) is 0 Å². The SMILES string of the molecule is C#CC(N)c1sccc1OC. The number of ether oxygens (including phenoxy) is 1. The Bertz CT molecular complexity index is 274. The topological polar surface area (TPSA) is 35.2 Å². The minimum atomic E-state index is -0.343. The number of terminal acetylenes is 1. The predicted molar refractivity (Wildman–Crippen MR) is 46.6 cm³/mol. The van der Waals surface area contributed by atoms with E-state index in [1.165, 1.54) is 11.3 Å². The minimum Gasteiger partial charge on any atom is -0.495 e. The summed E-state index contributed by atoms with van der Waals surface area (Å²) in [6.07, 6.45) is 5.16. The van der Waals surface area contributed by atoms with Crippen molar-refractivity contribution in [1.82, 2.24) is 0 Å². The molecule has 0 fully saturated rings. The van der Waals surface area contributed by atoms with Crippen LogP contribution in [0.3, 0.4) is 0 Å². The number of rotatable bonds is 2. The maximum absolute atomic E-state index is 5.61. The molecule has 2 N–H and O–H groups in total. The number of thiophene rings is 1. The van der Waals surface area contributed by atoms with Crippen molar-refractivity contribution in [3.05, 3.63) is 16.3 Å². The first-order chi connectivity index (χ1) is 5.29. The molecule has 1 heterocycles. The fourth-order valence-corrected chi connectivity index (χ4v) is 1.60. The smallest absolute Gasteiger partial charge is 0.135 e. The molecule has 0 aliphatic carbocycles. The van der Waals surface area contributed by atoms with Crippen molar-refractivity contribution in [3.8, 4) is 18.1 Å². The van der Waals surface area contributed by atoms with Crippen molar-refractivity contribution in [1.29, 1.82) is 0 Å². The van der Waals surface area contributed by atoms with E-state index in [1.54, 1.807) is 7.11 Å². The van der Waals surface area contributed by atoms with Crippen LogP contribution >= 0.6 is 11.3 Å². The van der Waals surface area contributed by atoms with Crippen molar-refractivity contribution in [2.75, 3.05) is 7.11 Å². The fraction of sp³-hybridized carbons (Fsp3) is 0.250. The van der Waals surface area contributed by atoms with Crippen molar-refractivity contribution in [3.63, 3.8) is 0 Å². The van der Waals surface area contributed by atoms with Gasteiger partial charge in [-0.3, -0.25) is 0 Å². The van der Waals surface area contributed by atoms with Crippen LogP contribution in [0.5, 0.6) is 5.75 Å². The van der Waals surface area contributed by atoms with Crippen LogP contribution in [-0.4, -0.2) is 7.11 Å². The van der Waals surface area contributed by atoms with E-state index in [2.05, 4.69) is 5.92 Å². The highest BCUT2D eigenvalue weighted by Gasteiger charge is 2.09. The van der Waals surface area contributed by atoms with E-state index in [0.29, 0.717) is 0 Å². The van der Waals surface area contributed by atoms with Gasteiger partial charge in [0.1, 0.15) is 11.8 Å². The largest absolute Gasteiger partial charge is 0.495 e. The molecule has 0 saturated heterocycles. The summed E-state index contributed by atoms with van der Waals surface area (Å²) < 4.78 is 5.04. The molecule has 2 nitrogen and oxygen atoms in total. The average molecular weight is 167 g/mol. The van der Waals surface area contributed by atoms with Gasteiger partial charge in [0.15, 0.2) is 0 Å². The van der Waals surface area contributed by atoms with E-state index in [9.17, 15) is 0 Å². The second-order valence-electron chi connectivity index (χ2n) is 2.00. The second kappa shape index (κ2) is 3.42. The Morgan fingerprint density at radius 3 is 3.09 bits per heavy atom. The predicted octanol–water partition coefficient (Wildman–Crippen LogP) is 1.39. The summed E-state index contributed by atoms with van der Waals surface area (Å²) in [7, 11) is 1.61. The first kappa shape index (κ1) is 8.12. The van der Waals surface area contributed by atoms with Crippen LogP contribution in [0.1, 0.15) is 10.9 Å². The average Bonchev–Trinajstić information content (AvgIpc) is 2.50. The van der Waals surface area contributed by atoms with Gasteiger partial charge in [-0.2, -0.15) is 0 Å². The standard InChI is InChI=1S/C8H9NOS/c1-3-6(9)8-7(10-2)4-5-11-8/h1,4-6H,9H2,2H3. The molecule has 11 heavy (non-hydrogen) atoms. The molecule has 1 rings (SSSR count). The van der Waals surface area contributed by atoms with Crippen molar-refractivity contribution < 1.29 is 4.74 Å². The van der Waals surface area contributed by atoms with E-state index in [1.807, 2.05) is 11.4 Å². The summed E-state index contributed by atoms with van der Waals surface area (Å²) in [5.41, 5.74) is 5.61. The summed E-state index contributed by atoms with van der Waals surface area (Å²) in [6.45, 7) is 0. The lowest BCUT2D eigenvalue weighted by Crippen LogP contribution is -2.06. The Morgan fingerprint density at radius 1 is 1.82 bits per heavy atom. The van der Waals surface area contributed by atoms with Gasteiger partial charge in [0, 0.05) is 0 Å². The van der Waals surface area contributed by atoms with E-state index < -0.39 is 0 Å². The highest BCUT2D eigenvalue weighted by Crippen LogP contribution is 2.28. The zero-order chi connectivity index (χ0) is 8.27. The van der Waals surface area contributed by atoms with E-state index in [4.69, 9.17) is 16.9 Å². The van der Waals surface area contributed by atoms with E-state index in [-0.39, 0.29) is 6.04 Å². The molecule has 1 aromatic rings. The Morgan fingerprint density at radius 2 is 2.55 bits per heavy atom. The first-order valence-corrected chi connectivity index (χ1v) is 4.00. The summed E-state index contributed by atoms with van der Waals surface area (Å²) in [5.74, 6) is 3.23. The highest BCUT2D eigenvalue weighted by atomic mass is 32.1. The Hall–Kier alpha value is -0.980. The lowest BCUT2D eigenvalue weighted by Gasteiger charge is -2.03. The summed E-state index contributed by atoms with van der Waals surface area (Å²) in [5, 5.41) is 1.91. The summed E-state index contributed by atoms with van der Waals surface area (Å²) in [4.78, 5) is 0.912. The van der Waals surface area contributed by atoms with Gasteiger partial charge >= 0.3 is 0 Å². The summed E-state index contributed by atoms with van der Waals surface area (Å²) in [6, 6.07) is 1.52. The maximum atomic E-state index is 5.61. The summed E-state index contributed by atoms with van der Waals surface area (Å²) >= 11 is 1.51. The Balaban J connectivity index is 2.94. The number of hydrogen-bond donors (Lipinski definition) is 1. The van der Waals surface area contributed by atoms with Crippen LogP contribution in [0.25, 0.3) is 0 Å². The van der Waals surface area contributed by atoms with Gasteiger partial charge in [0.05, 0.1) is 12.0 Å². The van der Waals surface area contributed by atoms with Crippen LogP contribution in [0.4, 0.5) is 0 Å². The number of methoxy groups -OCH3 is 1.